The molecule has 0 unspecified atom stereocenters. The first-order valence-electron chi connectivity index (χ1n) is 7.36. The maximum Gasteiger partial charge on any atom is 0.215 e. The van der Waals surface area contributed by atoms with Gasteiger partial charge in [-0.1, -0.05) is 20.8 Å². The van der Waals surface area contributed by atoms with Gasteiger partial charge in [0.2, 0.25) is 10.0 Å². The molecule has 0 aromatic carbocycles. The molecule has 0 amide bonds. The van der Waals surface area contributed by atoms with Crippen molar-refractivity contribution in [3.63, 3.8) is 0 Å². The van der Waals surface area contributed by atoms with E-state index < -0.39 is 10.0 Å². The van der Waals surface area contributed by atoms with Crippen LogP contribution in [0.1, 0.15) is 27.2 Å². The van der Waals surface area contributed by atoms with Crippen molar-refractivity contribution in [1.82, 2.24) is 14.5 Å². The summed E-state index contributed by atoms with van der Waals surface area (Å²) in [6, 6.07) is 0. The Balaban J connectivity index is 2.32. The van der Waals surface area contributed by atoms with E-state index in [0.717, 1.165) is 32.6 Å². The second-order valence-corrected chi connectivity index (χ2v) is 7.75. The van der Waals surface area contributed by atoms with Crippen LogP contribution in [0.25, 0.3) is 0 Å². The van der Waals surface area contributed by atoms with Crippen molar-refractivity contribution >= 4 is 10.0 Å². The average molecular weight is 291 g/mol. The third-order valence-corrected chi connectivity index (χ3v) is 5.18. The maximum atomic E-state index is 12.1. The predicted molar refractivity (Wildman–Crippen MR) is 79.8 cm³/mol. The zero-order valence-corrected chi connectivity index (χ0v) is 13.4. The van der Waals surface area contributed by atoms with E-state index in [1.54, 1.807) is 4.31 Å². The molecule has 1 aliphatic heterocycles. The lowest BCUT2D eigenvalue weighted by Crippen LogP contribution is -2.50. The van der Waals surface area contributed by atoms with Gasteiger partial charge in [-0.2, -0.15) is 4.31 Å². The van der Waals surface area contributed by atoms with E-state index in [1.807, 2.05) is 0 Å². The molecule has 0 radical (unpaired) electrons. The second-order valence-electron chi connectivity index (χ2n) is 5.66. The van der Waals surface area contributed by atoms with Gasteiger partial charge < -0.3 is 10.2 Å². The number of nitrogens with one attached hydrogen (secondary N) is 1. The summed E-state index contributed by atoms with van der Waals surface area (Å²) >= 11 is 0. The number of rotatable bonds is 8. The quantitative estimate of drug-likeness (QED) is 0.665. The molecule has 0 bridgehead atoms. The lowest BCUT2D eigenvalue weighted by molar-refractivity contribution is 0.172. The first-order chi connectivity index (χ1) is 8.95. The van der Waals surface area contributed by atoms with Crippen LogP contribution in [0.4, 0.5) is 0 Å². The molecule has 0 aliphatic carbocycles. The Morgan fingerprint density at radius 2 is 1.74 bits per heavy atom. The van der Waals surface area contributed by atoms with E-state index in [9.17, 15) is 8.42 Å². The summed E-state index contributed by atoms with van der Waals surface area (Å²) in [5.41, 5.74) is 0. The summed E-state index contributed by atoms with van der Waals surface area (Å²) in [4.78, 5) is 2.35. The van der Waals surface area contributed by atoms with Crippen molar-refractivity contribution in [3.8, 4) is 0 Å². The fourth-order valence-electron chi connectivity index (χ4n) is 2.34. The van der Waals surface area contributed by atoms with Gasteiger partial charge in [0.25, 0.3) is 0 Å². The molecule has 114 valence electrons. The molecule has 1 rings (SSSR count). The highest BCUT2D eigenvalue weighted by Crippen LogP contribution is 2.09. The van der Waals surface area contributed by atoms with Gasteiger partial charge in [0.15, 0.2) is 0 Å². The summed E-state index contributed by atoms with van der Waals surface area (Å²) in [5.74, 6) is 0.860. The molecule has 1 aliphatic rings. The summed E-state index contributed by atoms with van der Waals surface area (Å²) in [5, 5.41) is 3.15. The zero-order chi connectivity index (χ0) is 14.3. The van der Waals surface area contributed by atoms with Gasteiger partial charge in [-0.25, -0.2) is 8.42 Å². The largest absolute Gasteiger partial charge is 0.316 e. The molecule has 0 aromatic heterocycles. The van der Waals surface area contributed by atoms with Gasteiger partial charge in [0, 0.05) is 39.3 Å². The Kier molecular flexibility index (Phi) is 7.28. The van der Waals surface area contributed by atoms with Crippen molar-refractivity contribution in [2.24, 2.45) is 5.92 Å². The van der Waals surface area contributed by atoms with Gasteiger partial charge in [0.05, 0.1) is 5.75 Å². The van der Waals surface area contributed by atoms with E-state index in [1.165, 1.54) is 0 Å². The number of hydrogen-bond acceptors (Lipinski definition) is 4. The summed E-state index contributed by atoms with van der Waals surface area (Å²) in [7, 11) is -3.07. The summed E-state index contributed by atoms with van der Waals surface area (Å²) < 4.78 is 25.9. The number of piperazine rings is 1. The van der Waals surface area contributed by atoms with Crippen molar-refractivity contribution in [1.29, 1.82) is 0 Å². The highest BCUT2D eigenvalue weighted by atomic mass is 32.2. The van der Waals surface area contributed by atoms with E-state index in [0.29, 0.717) is 25.6 Å². The molecule has 0 atom stereocenters. The van der Waals surface area contributed by atoms with Gasteiger partial charge >= 0.3 is 0 Å². The van der Waals surface area contributed by atoms with Crippen molar-refractivity contribution in [2.75, 3.05) is 51.6 Å². The van der Waals surface area contributed by atoms with Crippen LogP contribution in [0.2, 0.25) is 0 Å². The normalized spacial score (nSPS) is 19.2. The number of nitrogens with zero attached hydrogens (tertiary/aromatic N) is 2. The minimum Gasteiger partial charge on any atom is -0.316 e. The Bertz CT molecular complexity index is 336. The zero-order valence-electron chi connectivity index (χ0n) is 12.6. The molecule has 1 saturated heterocycles. The second kappa shape index (κ2) is 8.19. The first-order valence-corrected chi connectivity index (χ1v) is 8.97. The molecular weight excluding hydrogens is 262 g/mol. The lowest BCUT2D eigenvalue weighted by atomic mass is 10.2. The van der Waals surface area contributed by atoms with Crippen LogP contribution in [0.3, 0.4) is 0 Å². The highest BCUT2D eigenvalue weighted by Gasteiger charge is 2.26. The average Bonchev–Trinajstić information content (AvgIpc) is 2.35. The van der Waals surface area contributed by atoms with Crippen LogP contribution in [-0.4, -0.2) is 69.2 Å². The molecule has 1 fully saturated rings. The highest BCUT2D eigenvalue weighted by molar-refractivity contribution is 7.89. The molecule has 0 saturated carbocycles. The Morgan fingerprint density at radius 1 is 1.11 bits per heavy atom. The molecule has 5 nitrogen and oxygen atoms in total. The van der Waals surface area contributed by atoms with Crippen LogP contribution < -0.4 is 5.32 Å². The SMILES string of the molecule is CCCNCCS(=O)(=O)N1CCN(CC(C)C)CC1. The van der Waals surface area contributed by atoms with Gasteiger partial charge in [0.1, 0.15) is 0 Å². The third-order valence-electron chi connectivity index (χ3n) is 3.31. The summed E-state index contributed by atoms with van der Waals surface area (Å²) in [6.07, 6.45) is 1.04. The van der Waals surface area contributed by atoms with Gasteiger partial charge in [-0.3, -0.25) is 0 Å². The van der Waals surface area contributed by atoms with E-state index in [2.05, 4.69) is 31.0 Å². The molecule has 6 heteroatoms. The fourth-order valence-corrected chi connectivity index (χ4v) is 3.72. The maximum absolute atomic E-state index is 12.1. The fraction of sp³-hybridized carbons (Fsp3) is 1.00. The molecule has 0 aromatic rings. The molecule has 0 spiro atoms. The van der Waals surface area contributed by atoms with Crippen LogP contribution >= 0.6 is 0 Å². The van der Waals surface area contributed by atoms with Crippen molar-refractivity contribution in [2.45, 2.75) is 27.2 Å². The minimum atomic E-state index is -3.07. The smallest absolute Gasteiger partial charge is 0.215 e. The van der Waals surface area contributed by atoms with E-state index in [4.69, 9.17) is 0 Å². The predicted octanol–water partition coefficient (Wildman–Crippen LogP) is 0.589. The van der Waals surface area contributed by atoms with Crippen molar-refractivity contribution < 1.29 is 8.42 Å². The van der Waals surface area contributed by atoms with Crippen LogP contribution in [0.15, 0.2) is 0 Å². The minimum absolute atomic E-state index is 0.219. The van der Waals surface area contributed by atoms with Crippen LogP contribution in [0.5, 0.6) is 0 Å². The first kappa shape index (κ1) is 16.9. The molecule has 1 N–H and O–H groups in total. The molecular formula is C13H29N3O2S. The van der Waals surface area contributed by atoms with E-state index >= 15 is 0 Å². The Labute approximate surface area is 118 Å². The standard InChI is InChI=1S/C13H29N3O2S/c1-4-5-14-6-11-19(17,18)16-9-7-15(8-10-16)12-13(2)3/h13-14H,4-12H2,1-3H3. The topological polar surface area (TPSA) is 52.7 Å². The van der Waals surface area contributed by atoms with Gasteiger partial charge in [-0.05, 0) is 18.9 Å². The van der Waals surface area contributed by atoms with E-state index in [-0.39, 0.29) is 5.75 Å². The number of sulfonamides is 1. The third kappa shape index (κ3) is 6.21. The van der Waals surface area contributed by atoms with Gasteiger partial charge in [-0.15, -0.1) is 0 Å². The molecule has 19 heavy (non-hydrogen) atoms. The van der Waals surface area contributed by atoms with Crippen LogP contribution in [-0.2, 0) is 10.0 Å². The Morgan fingerprint density at radius 3 is 2.26 bits per heavy atom. The van der Waals surface area contributed by atoms with Crippen molar-refractivity contribution in [3.05, 3.63) is 0 Å². The van der Waals surface area contributed by atoms with Crippen LogP contribution in [0, 0.1) is 5.92 Å². The Hall–Kier alpha value is -0.170. The lowest BCUT2D eigenvalue weighted by Gasteiger charge is -2.34. The monoisotopic (exact) mass is 291 g/mol. The molecule has 1 heterocycles. The number of hydrogen-bond donors (Lipinski definition) is 1. The summed E-state index contributed by atoms with van der Waals surface area (Å²) in [6.45, 7) is 12.0.